The van der Waals surface area contributed by atoms with Crippen LogP contribution in [0.4, 0.5) is 0 Å². The molecular formula is C24H32O2. The zero-order valence-corrected chi connectivity index (χ0v) is 16.8. The molecule has 3 unspecified atom stereocenters. The van der Waals surface area contributed by atoms with Gasteiger partial charge in [0, 0.05) is 0 Å². The minimum Gasteiger partial charge on any atom is -0.497 e. The second-order valence-corrected chi connectivity index (χ2v) is 8.32. The summed E-state index contributed by atoms with van der Waals surface area (Å²) in [5, 5.41) is 0. The smallest absolute Gasteiger partial charge is 0.118 e. The second-order valence-electron chi connectivity index (χ2n) is 8.32. The molecule has 0 N–H and O–H groups in total. The van der Waals surface area contributed by atoms with E-state index in [0.29, 0.717) is 17.8 Å². The van der Waals surface area contributed by atoms with Gasteiger partial charge in [-0.2, -0.15) is 0 Å². The van der Waals surface area contributed by atoms with Crippen LogP contribution in [0.25, 0.3) is 0 Å². The Morgan fingerprint density at radius 2 is 1.35 bits per heavy atom. The summed E-state index contributed by atoms with van der Waals surface area (Å²) in [5.74, 6) is 3.93. The summed E-state index contributed by atoms with van der Waals surface area (Å²) in [5.41, 5.74) is 3.06. The summed E-state index contributed by atoms with van der Waals surface area (Å²) >= 11 is 0. The van der Waals surface area contributed by atoms with E-state index in [1.54, 1.807) is 14.2 Å². The molecule has 140 valence electrons. The molecule has 2 nitrogen and oxygen atoms in total. The number of ether oxygens (including phenoxy) is 2. The minimum absolute atomic E-state index is 0.186. The lowest BCUT2D eigenvalue weighted by molar-refractivity contribution is 0.173. The van der Waals surface area contributed by atoms with Gasteiger partial charge in [-0.05, 0) is 77.8 Å². The number of benzene rings is 2. The fourth-order valence-corrected chi connectivity index (χ4v) is 4.65. The molecule has 2 aromatic carbocycles. The van der Waals surface area contributed by atoms with Gasteiger partial charge in [-0.15, -0.1) is 0 Å². The van der Waals surface area contributed by atoms with Gasteiger partial charge >= 0.3 is 0 Å². The normalized spacial score (nSPS) is 23.5. The Hall–Kier alpha value is -1.96. The van der Waals surface area contributed by atoms with Crippen molar-refractivity contribution < 1.29 is 9.47 Å². The SMILES string of the molecule is COc1ccc(C2CCC(C(C)(C)c3ccc(OC)cc3)CC2C)cc1. The Morgan fingerprint density at radius 1 is 0.808 bits per heavy atom. The predicted molar refractivity (Wildman–Crippen MR) is 108 cm³/mol. The van der Waals surface area contributed by atoms with Crippen LogP contribution in [0, 0.1) is 11.8 Å². The van der Waals surface area contributed by atoms with E-state index in [-0.39, 0.29) is 5.41 Å². The molecule has 2 heteroatoms. The Morgan fingerprint density at radius 3 is 1.85 bits per heavy atom. The van der Waals surface area contributed by atoms with Crippen LogP contribution in [0.3, 0.4) is 0 Å². The maximum atomic E-state index is 5.31. The second kappa shape index (κ2) is 7.73. The van der Waals surface area contributed by atoms with E-state index in [1.165, 1.54) is 30.4 Å². The highest BCUT2D eigenvalue weighted by atomic mass is 16.5. The Bertz CT molecular complexity index is 700. The molecule has 2 aromatic rings. The maximum absolute atomic E-state index is 5.31. The van der Waals surface area contributed by atoms with E-state index in [0.717, 1.165) is 11.5 Å². The van der Waals surface area contributed by atoms with Crippen molar-refractivity contribution in [3.8, 4) is 11.5 Å². The molecule has 0 heterocycles. The Kier molecular flexibility index (Phi) is 5.60. The summed E-state index contributed by atoms with van der Waals surface area (Å²) in [4.78, 5) is 0. The first kappa shape index (κ1) is 18.8. The molecule has 3 atom stereocenters. The van der Waals surface area contributed by atoms with E-state index in [2.05, 4.69) is 69.3 Å². The molecule has 1 fully saturated rings. The molecule has 0 spiro atoms. The van der Waals surface area contributed by atoms with Gasteiger partial charge in [0.25, 0.3) is 0 Å². The van der Waals surface area contributed by atoms with Crippen molar-refractivity contribution >= 4 is 0 Å². The topological polar surface area (TPSA) is 18.5 Å². The van der Waals surface area contributed by atoms with Crippen molar-refractivity contribution in [1.82, 2.24) is 0 Å². The molecule has 26 heavy (non-hydrogen) atoms. The summed E-state index contributed by atoms with van der Waals surface area (Å²) in [6.07, 6.45) is 3.81. The first-order valence-electron chi connectivity index (χ1n) is 9.74. The van der Waals surface area contributed by atoms with Crippen molar-refractivity contribution in [3.63, 3.8) is 0 Å². The molecule has 0 bridgehead atoms. The molecule has 1 aliphatic rings. The monoisotopic (exact) mass is 352 g/mol. The highest BCUT2D eigenvalue weighted by Crippen LogP contribution is 2.47. The van der Waals surface area contributed by atoms with Crippen LogP contribution in [0.1, 0.15) is 57.1 Å². The first-order chi connectivity index (χ1) is 12.5. The molecule has 0 saturated heterocycles. The molecule has 1 saturated carbocycles. The lowest BCUT2D eigenvalue weighted by atomic mass is 9.62. The predicted octanol–water partition coefficient (Wildman–Crippen LogP) is 6.20. The number of hydrogen-bond acceptors (Lipinski definition) is 2. The average Bonchev–Trinajstić information content (AvgIpc) is 2.68. The molecular weight excluding hydrogens is 320 g/mol. The van der Waals surface area contributed by atoms with Crippen LogP contribution in [-0.2, 0) is 5.41 Å². The van der Waals surface area contributed by atoms with Gasteiger partial charge in [-0.3, -0.25) is 0 Å². The van der Waals surface area contributed by atoms with E-state index in [4.69, 9.17) is 9.47 Å². The zero-order chi connectivity index (χ0) is 18.7. The average molecular weight is 353 g/mol. The van der Waals surface area contributed by atoms with Gasteiger partial charge in [0.15, 0.2) is 0 Å². The first-order valence-corrected chi connectivity index (χ1v) is 9.74. The number of hydrogen-bond donors (Lipinski definition) is 0. The van der Waals surface area contributed by atoms with Crippen LogP contribution in [0.15, 0.2) is 48.5 Å². The van der Waals surface area contributed by atoms with Gasteiger partial charge in [-0.1, -0.05) is 45.0 Å². The van der Waals surface area contributed by atoms with Crippen molar-refractivity contribution in [2.45, 2.75) is 51.4 Å². The summed E-state index contributed by atoms with van der Waals surface area (Å²) in [7, 11) is 3.45. The fraction of sp³-hybridized carbons (Fsp3) is 0.500. The standard InChI is InChI=1S/C24H32O2/c1-17-16-20(24(2,3)19-8-13-22(26-5)14-9-19)10-15-23(17)18-6-11-21(25-4)12-7-18/h6-9,11-14,17,20,23H,10,15-16H2,1-5H3. The largest absolute Gasteiger partial charge is 0.497 e. The third kappa shape index (κ3) is 3.75. The van der Waals surface area contributed by atoms with Gasteiger partial charge in [-0.25, -0.2) is 0 Å². The van der Waals surface area contributed by atoms with E-state index >= 15 is 0 Å². The summed E-state index contributed by atoms with van der Waals surface area (Å²) < 4.78 is 10.6. The van der Waals surface area contributed by atoms with Crippen molar-refractivity contribution in [1.29, 1.82) is 0 Å². The molecule has 3 rings (SSSR count). The van der Waals surface area contributed by atoms with Crippen molar-refractivity contribution in [2.24, 2.45) is 11.8 Å². The van der Waals surface area contributed by atoms with E-state index in [9.17, 15) is 0 Å². The van der Waals surface area contributed by atoms with Gasteiger partial charge < -0.3 is 9.47 Å². The van der Waals surface area contributed by atoms with Gasteiger partial charge in [0.1, 0.15) is 11.5 Å². The summed E-state index contributed by atoms with van der Waals surface area (Å²) in [6.45, 7) is 7.23. The molecule has 0 amide bonds. The lowest BCUT2D eigenvalue weighted by Crippen LogP contribution is -2.34. The number of methoxy groups -OCH3 is 2. The number of rotatable bonds is 5. The van der Waals surface area contributed by atoms with Crippen LogP contribution >= 0.6 is 0 Å². The molecule has 0 radical (unpaired) electrons. The van der Waals surface area contributed by atoms with Gasteiger partial charge in [0.2, 0.25) is 0 Å². The highest BCUT2D eigenvalue weighted by molar-refractivity contribution is 5.33. The zero-order valence-electron chi connectivity index (χ0n) is 16.8. The van der Waals surface area contributed by atoms with Crippen LogP contribution in [0.5, 0.6) is 11.5 Å². The lowest BCUT2D eigenvalue weighted by Gasteiger charge is -2.43. The van der Waals surface area contributed by atoms with E-state index in [1.807, 2.05) is 0 Å². The molecule has 0 aromatic heterocycles. The van der Waals surface area contributed by atoms with E-state index < -0.39 is 0 Å². The Labute approximate surface area is 158 Å². The third-order valence-corrected chi connectivity index (χ3v) is 6.57. The van der Waals surface area contributed by atoms with Crippen LogP contribution in [-0.4, -0.2) is 14.2 Å². The molecule has 1 aliphatic carbocycles. The Balaban J connectivity index is 1.71. The fourth-order valence-electron chi connectivity index (χ4n) is 4.65. The minimum atomic E-state index is 0.186. The summed E-state index contributed by atoms with van der Waals surface area (Å²) in [6, 6.07) is 17.3. The highest BCUT2D eigenvalue weighted by Gasteiger charge is 2.37. The maximum Gasteiger partial charge on any atom is 0.118 e. The third-order valence-electron chi connectivity index (χ3n) is 6.57. The van der Waals surface area contributed by atoms with Gasteiger partial charge in [0.05, 0.1) is 14.2 Å². The molecule has 0 aliphatic heterocycles. The van der Waals surface area contributed by atoms with Crippen LogP contribution < -0.4 is 9.47 Å². The van der Waals surface area contributed by atoms with Crippen LogP contribution in [0.2, 0.25) is 0 Å². The quantitative estimate of drug-likeness (QED) is 0.637. The van der Waals surface area contributed by atoms with Crippen molar-refractivity contribution in [2.75, 3.05) is 14.2 Å². The van der Waals surface area contributed by atoms with Crippen molar-refractivity contribution in [3.05, 3.63) is 59.7 Å².